The van der Waals surface area contributed by atoms with Crippen LogP contribution in [0.5, 0.6) is 0 Å². The van der Waals surface area contributed by atoms with Crippen molar-refractivity contribution in [1.82, 2.24) is 4.90 Å². The second kappa shape index (κ2) is 8.86. The third kappa shape index (κ3) is 5.42. The van der Waals surface area contributed by atoms with Gasteiger partial charge in [0.15, 0.2) is 0 Å². The molecule has 0 bridgehead atoms. The van der Waals surface area contributed by atoms with E-state index in [1.165, 1.54) is 30.5 Å². The predicted octanol–water partition coefficient (Wildman–Crippen LogP) is 6.02. The average molecular weight is 292 g/mol. The monoisotopic (exact) mass is 291 g/mol. The van der Waals surface area contributed by atoms with E-state index in [0.29, 0.717) is 5.92 Å². The summed E-state index contributed by atoms with van der Waals surface area (Å²) in [5.41, 5.74) is 2.39. The van der Waals surface area contributed by atoms with E-state index in [2.05, 4.69) is 43.7 Å². The van der Waals surface area contributed by atoms with Crippen LogP contribution in [0.1, 0.15) is 45.6 Å². The van der Waals surface area contributed by atoms with Crippen LogP contribution in [0.4, 0.5) is 0 Å². The van der Waals surface area contributed by atoms with Crippen LogP contribution in [0.25, 0.3) is 0 Å². The highest BCUT2D eigenvalue weighted by atomic mass is 35.5. The maximum atomic E-state index is 6.06. The molecule has 0 amide bonds. The maximum absolute atomic E-state index is 6.06. The highest BCUT2D eigenvalue weighted by Crippen LogP contribution is 2.23. The molecule has 1 unspecified atom stereocenters. The molecule has 1 nitrogen and oxygen atoms in total. The van der Waals surface area contributed by atoms with Gasteiger partial charge < -0.3 is 4.90 Å². The summed E-state index contributed by atoms with van der Waals surface area (Å²) in [5, 5.41) is 0.785. The Morgan fingerprint density at radius 2 is 2.20 bits per heavy atom. The molecule has 110 valence electrons. The van der Waals surface area contributed by atoms with Crippen LogP contribution >= 0.6 is 11.6 Å². The number of allylic oxidation sites excluding steroid dienone is 2. The van der Waals surface area contributed by atoms with Crippen LogP contribution in [-0.4, -0.2) is 4.90 Å². The zero-order valence-corrected chi connectivity index (χ0v) is 13.7. The summed E-state index contributed by atoms with van der Waals surface area (Å²) in [4.78, 5) is 2.23. The molecule has 0 aromatic heterocycles. The number of halogens is 1. The van der Waals surface area contributed by atoms with Crippen molar-refractivity contribution in [2.75, 3.05) is 0 Å². The molecular weight excluding hydrogens is 266 g/mol. The van der Waals surface area contributed by atoms with Crippen LogP contribution < -0.4 is 0 Å². The number of hydrogen-bond donors (Lipinski definition) is 0. The van der Waals surface area contributed by atoms with Gasteiger partial charge in [-0.25, -0.2) is 0 Å². The van der Waals surface area contributed by atoms with E-state index in [1.807, 2.05) is 25.1 Å². The molecule has 0 heterocycles. The number of rotatable bonds is 8. The Labute approximate surface area is 128 Å². The minimum absolute atomic E-state index is 0.505. The zero-order valence-electron chi connectivity index (χ0n) is 12.9. The lowest BCUT2D eigenvalue weighted by Gasteiger charge is -2.27. The van der Waals surface area contributed by atoms with Crippen LogP contribution in [0.15, 0.2) is 48.8 Å². The Hall–Kier alpha value is -1.21. The largest absolute Gasteiger partial charge is 0.348 e. The number of nitrogens with zero attached hydrogens (tertiary/aromatic N) is 1. The number of hydrogen-bond acceptors (Lipinski definition) is 1. The van der Waals surface area contributed by atoms with Crippen LogP contribution in [0.3, 0.4) is 0 Å². The first-order chi connectivity index (χ1) is 9.58. The summed E-state index contributed by atoms with van der Waals surface area (Å²) < 4.78 is 0. The summed E-state index contributed by atoms with van der Waals surface area (Å²) in [6.07, 6.45) is 7.84. The van der Waals surface area contributed by atoms with E-state index in [-0.39, 0.29) is 0 Å². The van der Waals surface area contributed by atoms with E-state index >= 15 is 0 Å². The molecule has 0 N–H and O–H groups in total. The standard InChI is InChI=1S/C18H26ClN/c1-5-7-9-15(3)16(4)20(12-6-2)14-17-10-8-11-18(19)13-17/h6,8,10-13,15H,4-5,7,9,14H2,1-3H3/b12-6-. The van der Waals surface area contributed by atoms with E-state index < -0.39 is 0 Å². The first-order valence-electron chi connectivity index (χ1n) is 7.41. The third-order valence-electron chi connectivity index (χ3n) is 3.50. The highest BCUT2D eigenvalue weighted by molar-refractivity contribution is 6.30. The molecule has 1 aromatic rings. The van der Waals surface area contributed by atoms with Crippen LogP contribution in [0.2, 0.25) is 5.02 Å². The lowest BCUT2D eigenvalue weighted by Crippen LogP contribution is -2.20. The quantitative estimate of drug-likeness (QED) is 0.566. The van der Waals surface area contributed by atoms with E-state index in [9.17, 15) is 0 Å². The van der Waals surface area contributed by atoms with Crippen molar-refractivity contribution in [3.05, 3.63) is 59.4 Å². The van der Waals surface area contributed by atoms with Gasteiger partial charge in [0.25, 0.3) is 0 Å². The fourth-order valence-corrected chi connectivity index (χ4v) is 2.43. The van der Waals surface area contributed by atoms with Gasteiger partial charge in [-0.05, 0) is 43.2 Å². The fourth-order valence-electron chi connectivity index (χ4n) is 2.22. The lowest BCUT2D eigenvalue weighted by molar-refractivity contribution is 0.383. The van der Waals surface area contributed by atoms with Crippen molar-refractivity contribution >= 4 is 11.6 Å². The van der Waals surface area contributed by atoms with E-state index in [4.69, 9.17) is 11.6 Å². The van der Waals surface area contributed by atoms with Gasteiger partial charge in [-0.1, -0.05) is 63.1 Å². The molecule has 1 aromatic carbocycles. The molecule has 1 atom stereocenters. The number of benzene rings is 1. The fraction of sp³-hybridized carbons (Fsp3) is 0.444. The van der Waals surface area contributed by atoms with Gasteiger partial charge in [0.2, 0.25) is 0 Å². The topological polar surface area (TPSA) is 3.24 Å². The molecule has 0 aliphatic carbocycles. The van der Waals surface area contributed by atoms with Gasteiger partial charge in [0, 0.05) is 17.3 Å². The molecule has 0 saturated heterocycles. The molecule has 0 fully saturated rings. The zero-order chi connectivity index (χ0) is 15.0. The van der Waals surface area contributed by atoms with Crippen molar-refractivity contribution in [2.24, 2.45) is 5.92 Å². The SMILES string of the molecule is C=C(C(C)CCCC)N(/C=C\C)Cc1cccc(Cl)c1. The average Bonchev–Trinajstić information content (AvgIpc) is 2.43. The van der Waals surface area contributed by atoms with Gasteiger partial charge in [-0.15, -0.1) is 0 Å². The van der Waals surface area contributed by atoms with Crippen molar-refractivity contribution in [3.8, 4) is 0 Å². The van der Waals surface area contributed by atoms with Crippen molar-refractivity contribution in [3.63, 3.8) is 0 Å². The minimum atomic E-state index is 0.505. The van der Waals surface area contributed by atoms with Gasteiger partial charge in [-0.2, -0.15) is 0 Å². The van der Waals surface area contributed by atoms with Gasteiger partial charge in [0.05, 0.1) is 0 Å². The second-order valence-electron chi connectivity index (χ2n) is 5.27. The summed E-state index contributed by atoms with van der Waals surface area (Å²) in [5.74, 6) is 0.505. The summed E-state index contributed by atoms with van der Waals surface area (Å²) in [6, 6.07) is 8.02. The summed E-state index contributed by atoms with van der Waals surface area (Å²) in [6.45, 7) is 11.6. The summed E-state index contributed by atoms with van der Waals surface area (Å²) >= 11 is 6.06. The maximum Gasteiger partial charge on any atom is 0.0473 e. The molecular formula is C18H26ClN. The molecule has 1 rings (SSSR count). The summed E-state index contributed by atoms with van der Waals surface area (Å²) in [7, 11) is 0. The smallest absolute Gasteiger partial charge is 0.0473 e. The van der Waals surface area contributed by atoms with Gasteiger partial charge >= 0.3 is 0 Å². The normalized spacial score (nSPS) is 12.6. The lowest BCUT2D eigenvalue weighted by atomic mass is 10.00. The van der Waals surface area contributed by atoms with Crippen LogP contribution in [-0.2, 0) is 6.54 Å². The first-order valence-corrected chi connectivity index (χ1v) is 7.79. The van der Waals surface area contributed by atoms with E-state index in [1.54, 1.807) is 0 Å². The first kappa shape index (κ1) is 16.8. The molecule has 20 heavy (non-hydrogen) atoms. The molecule has 2 heteroatoms. The Kier molecular flexibility index (Phi) is 7.46. The Morgan fingerprint density at radius 1 is 1.45 bits per heavy atom. The van der Waals surface area contributed by atoms with Crippen molar-refractivity contribution in [1.29, 1.82) is 0 Å². The molecule has 0 aliphatic heterocycles. The minimum Gasteiger partial charge on any atom is -0.348 e. The van der Waals surface area contributed by atoms with E-state index in [0.717, 1.165) is 11.6 Å². The molecule has 0 saturated carbocycles. The van der Waals surface area contributed by atoms with Gasteiger partial charge in [0.1, 0.15) is 0 Å². The van der Waals surface area contributed by atoms with Crippen LogP contribution in [0, 0.1) is 5.92 Å². The predicted molar refractivity (Wildman–Crippen MR) is 89.6 cm³/mol. The Bertz CT molecular complexity index is 450. The second-order valence-corrected chi connectivity index (χ2v) is 5.71. The number of unbranched alkanes of at least 4 members (excludes halogenated alkanes) is 1. The Morgan fingerprint density at radius 3 is 2.80 bits per heavy atom. The molecule has 0 radical (unpaired) electrons. The molecule has 0 spiro atoms. The van der Waals surface area contributed by atoms with Crippen molar-refractivity contribution in [2.45, 2.75) is 46.6 Å². The molecule has 0 aliphatic rings. The van der Waals surface area contributed by atoms with Gasteiger partial charge in [-0.3, -0.25) is 0 Å². The highest BCUT2D eigenvalue weighted by Gasteiger charge is 2.12. The Balaban J connectivity index is 2.75. The van der Waals surface area contributed by atoms with Crippen molar-refractivity contribution < 1.29 is 0 Å². The third-order valence-corrected chi connectivity index (χ3v) is 3.73.